The Morgan fingerprint density at radius 3 is 2.38 bits per heavy atom. The van der Waals surface area contributed by atoms with E-state index in [2.05, 4.69) is 45.8 Å². The van der Waals surface area contributed by atoms with Crippen LogP contribution in [0.25, 0.3) is 5.69 Å². The maximum absolute atomic E-state index is 12.7. The van der Waals surface area contributed by atoms with Gasteiger partial charge in [0.2, 0.25) is 0 Å². The summed E-state index contributed by atoms with van der Waals surface area (Å²) in [5, 5.41) is 5.38. The molecule has 0 unspecified atom stereocenters. The molecule has 1 aromatic heterocycles. The van der Waals surface area contributed by atoms with Gasteiger partial charge in [-0.1, -0.05) is 65.7 Å². The Labute approximate surface area is 246 Å². The van der Waals surface area contributed by atoms with Crippen LogP contribution < -0.4 is 5.43 Å². The molecular weight excluding hydrogens is 539 g/mol. The molecule has 0 spiro atoms. The van der Waals surface area contributed by atoms with Gasteiger partial charge in [-0.3, -0.25) is 9.69 Å². The van der Waals surface area contributed by atoms with Gasteiger partial charge in [0.15, 0.2) is 0 Å². The molecule has 0 radical (unpaired) electrons. The highest BCUT2D eigenvalue weighted by atomic mass is 35.5. The van der Waals surface area contributed by atoms with E-state index in [0.717, 1.165) is 48.2 Å². The van der Waals surface area contributed by atoms with Gasteiger partial charge in [0.25, 0.3) is 5.91 Å². The van der Waals surface area contributed by atoms with Crippen molar-refractivity contribution < 1.29 is 4.79 Å². The molecular formula is C33H34Cl2N4O. The Bertz CT molecular complexity index is 1490. The molecule has 1 saturated heterocycles. The summed E-state index contributed by atoms with van der Waals surface area (Å²) in [7, 11) is 0. The van der Waals surface area contributed by atoms with E-state index in [9.17, 15) is 4.79 Å². The highest BCUT2D eigenvalue weighted by Crippen LogP contribution is 2.28. The minimum absolute atomic E-state index is 0.237. The highest BCUT2D eigenvalue weighted by Gasteiger charge is 2.20. The quantitative estimate of drug-likeness (QED) is 0.174. The Morgan fingerprint density at radius 2 is 1.68 bits per heavy atom. The number of hydrazone groups is 1. The highest BCUT2D eigenvalue weighted by molar-refractivity contribution is 6.35. The summed E-state index contributed by atoms with van der Waals surface area (Å²) in [5.41, 5.74) is 9.61. The van der Waals surface area contributed by atoms with E-state index in [0.29, 0.717) is 15.6 Å². The first kappa shape index (κ1) is 28.2. The fraction of sp³-hybridized carbons (Fsp3) is 0.273. The lowest BCUT2D eigenvalue weighted by molar-refractivity contribution is 0.0955. The van der Waals surface area contributed by atoms with Crippen LogP contribution in [0.1, 0.15) is 51.3 Å². The first-order valence-electron chi connectivity index (χ1n) is 13.7. The number of hydrogen-bond donors (Lipinski definition) is 1. The van der Waals surface area contributed by atoms with Gasteiger partial charge in [0.1, 0.15) is 0 Å². The lowest BCUT2D eigenvalue weighted by atomic mass is 9.90. The second-order valence-corrected chi connectivity index (χ2v) is 11.4. The van der Waals surface area contributed by atoms with Crippen molar-refractivity contribution in [2.45, 2.75) is 39.7 Å². The minimum atomic E-state index is -0.237. The maximum atomic E-state index is 12.7. The van der Waals surface area contributed by atoms with Crippen LogP contribution in [0.5, 0.6) is 0 Å². The number of likely N-dealkylation sites (tertiary alicyclic amines) is 1. The zero-order chi connectivity index (χ0) is 28.1. The van der Waals surface area contributed by atoms with Crippen LogP contribution in [0.4, 0.5) is 0 Å². The van der Waals surface area contributed by atoms with Gasteiger partial charge in [0.05, 0.1) is 16.9 Å². The van der Waals surface area contributed by atoms with Crippen molar-refractivity contribution in [2.75, 3.05) is 13.1 Å². The van der Waals surface area contributed by atoms with Crippen LogP contribution in [-0.4, -0.2) is 34.7 Å². The van der Waals surface area contributed by atoms with Crippen molar-refractivity contribution in [1.82, 2.24) is 14.9 Å². The van der Waals surface area contributed by atoms with Gasteiger partial charge in [-0.2, -0.15) is 5.10 Å². The minimum Gasteiger partial charge on any atom is -0.316 e. The molecule has 5 rings (SSSR count). The molecule has 2 heterocycles. The topological polar surface area (TPSA) is 49.6 Å². The number of aryl methyl sites for hydroxylation is 1. The molecule has 1 amide bonds. The summed E-state index contributed by atoms with van der Waals surface area (Å²) in [6, 6.07) is 26.1. The second-order valence-electron chi connectivity index (χ2n) is 10.6. The number of nitrogens with zero attached hydrogens (tertiary/aromatic N) is 3. The van der Waals surface area contributed by atoms with Crippen LogP contribution in [-0.2, 0) is 13.0 Å². The molecule has 40 heavy (non-hydrogen) atoms. The summed E-state index contributed by atoms with van der Waals surface area (Å²) in [6.45, 7) is 7.12. The monoisotopic (exact) mass is 572 g/mol. The molecule has 1 fully saturated rings. The van der Waals surface area contributed by atoms with Gasteiger partial charge in [-0.05, 0) is 99.6 Å². The predicted molar refractivity (Wildman–Crippen MR) is 165 cm³/mol. The van der Waals surface area contributed by atoms with E-state index in [-0.39, 0.29) is 5.91 Å². The van der Waals surface area contributed by atoms with Crippen molar-refractivity contribution in [3.63, 3.8) is 0 Å². The Balaban J connectivity index is 1.13. The van der Waals surface area contributed by atoms with Crippen LogP contribution in [0.15, 0.2) is 84.0 Å². The zero-order valence-corrected chi connectivity index (χ0v) is 24.4. The number of piperidine rings is 1. The lowest BCUT2D eigenvalue weighted by Gasteiger charge is -2.32. The normalized spacial score (nSPS) is 14.6. The van der Waals surface area contributed by atoms with Crippen LogP contribution in [0.2, 0.25) is 10.0 Å². The molecule has 4 aromatic rings. The summed E-state index contributed by atoms with van der Waals surface area (Å²) in [5.74, 6) is 0.519. The van der Waals surface area contributed by atoms with Gasteiger partial charge < -0.3 is 4.57 Å². The number of benzene rings is 3. The van der Waals surface area contributed by atoms with Gasteiger partial charge >= 0.3 is 0 Å². The molecule has 0 bridgehead atoms. The summed E-state index contributed by atoms with van der Waals surface area (Å²) < 4.78 is 2.05. The third-order valence-corrected chi connectivity index (χ3v) is 8.23. The van der Waals surface area contributed by atoms with Crippen LogP contribution in [0, 0.1) is 19.8 Å². The second kappa shape index (κ2) is 12.9. The van der Waals surface area contributed by atoms with Crippen molar-refractivity contribution >= 4 is 35.3 Å². The standard InChI is InChI=1S/C33H34Cl2N4O/c1-23-18-29(24(2)39(23)32-13-12-30(34)20-31(32)35)21-36-37-33(40)28-10-8-27(9-11-28)22-38-16-14-26(15-17-38)19-25-6-4-3-5-7-25/h3-13,18,20-21,26H,14-17,19,22H2,1-2H3,(H,37,40)/b36-21-. The molecule has 3 aromatic carbocycles. The smallest absolute Gasteiger partial charge is 0.271 e. The van der Waals surface area contributed by atoms with E-state index in [1.165, 1.54) is 30.4 Å². The zero-order valence-electron chi connectivity index (χ0n) is 22.9. The largest absolute Gasteiger partial charge is 0.316 e. The van der Waals surface area contributed by atoms with Crippen LogP contribution in [0.3, 0.4) is 0 Å². The van der Waals surface area contributed by atoms with Gasteiger partial charge in [-0.15, -0.1) is 0 Å². The van der Waals surface area contributed by atoms with Gasteiger partial charge in [0, 0.05) is 34.1 Å². The number of nitrogens with one attached hydrogen (secondary N) is 1. The number of rotatable bonds is 8. The molecule has 7 heteroatoms. The number of amides is 1. The number of carbonyl (C=O) groups is 1. The number of aromatic nitrogens is 1. The average Bonchev–Trinajstić information content (AvgIpc) is 3.23. The van der Waals surface area contributed by atoms with E-state index < -0.39 is 0 Å². The SMILES string of the molecule is Cc1cc(/C=N\NC(=O)c2ccc(CN3CCC(Cc4ccccc4)CC3)cc2)c(C)n1-c1ccc(Cl)cc1Cl. The fourth-order valence-corrected chi connectivity index (χ4v) is 5.99. The summed E-state index contributed by atoms with van der Waals surface area (Å²) in [4.78, 5) is 15.2. The van der Waals surface area contributed by atoms with E-state index in [1.807, 2.05) is 60.9 Å². The van der Waals surface area contributed by atoms with Crippen molar-refractivity contribution in [1.29, 1.82) is 0 Å². The summed E-state index contributed by atoms with van der Waals surface area (Å²) >= 11 is 12.5. The third-order valence-electron chi connectivity index (χ3n) is 7.69. The molecule has 0 aliphatic carbocycles. The molecule has 1 aliphatic heterocycles. The Hall–Kier alpha value is -3.38. The molecule has 1 aliphatic rings. The maximum Gasteiger partial charge on any atom is 0.271 e. The molecule has 0 atom stereocenters. The van der Waals surface area contributed by atoms with E-state index >= 15 is 0 Å². The first-order valence-corrected chi connectivity index (χ1v) is 14.5. The average molecular weight is 574 g/mol. The molecule has 1 N–H and O–H groups in total. The number of hydrogen-bond acceptors (Lipinski definition) is 3. The molecule has 5 nitrogen and oxygen atoms in total. The van der Waals surface area contributed by atoms with Gasteiger partial charge in [-0.25, -0.2) is 5.43 Å². The first-order chi connectivity index (χ1) is 19.4. The van der Waals surface area contributed by atoms with E-state index in [1.54, 1.807) is 12.3 Å². The Morgan fingerprint density at radius 1 is 0.950 bits per heavy atom. The predicted octanol–water partition coefficient (Wildman–Crippen LogP) is 7.62. The van der Waals surface area contributed by atoms with Crippen LogP contribution >= 0.6 is 23.2 Å². The molecule has 0 saturated carbocycles. The van der Waals surface area contributed by atoms with E-state index in [4.69, 9.17) is 23.2 Å². The van der Waals surface area contributed by atoms with Crippen molar-refractivity contribution in [3.8, 4) is 5.69 Å². The molecule has 206 valence electrons. The van der Waals surface area contributed by atoms with Crippen molar-refractivity contribution in [2.24, 2.45) is 11.0 Å². The number of halogens is 2. The third kappa shape index (κ3) is 6.84. The number of carbonyl (C=O) groups excluding carboxylic acids is 1. The Kier molecular flexibility index (Phi) is 9.05. The summed E-state index contributed by atoms with van der Waals surface area (Å²) in [6.07, 6.45) is 5.28. The fourth-order valence-electron chi connectivity index (χ4n) is 5.49. The lowest BCUT2D eigenvalue weighted by Crippen LogP contribution is -2.33. The van der Waals surface area contributed by atoms with Crippen molar-refractivity contribution in [3.05, 3.63) is 123 Å².